The molecule has 0 aliphatic carbocycles. The molecule has 4 rings (SSSR count). The molecule has 6 atom stereocenters. The normalized spacial score (nSPS) is 35.0. The van der Waals surface area contributed by atoms with Gasteiger partial charge in [-0.2, -0.15) is 0 Å². The van der Waals surface area contributed by atoms with Crippen molar-refractivity contribution in [3.05, 3.63) is 23.0 Å². The van der Waals surface area contributed by atoms with E-state index >= 15 is 0 Å². The number of carboxylic acids is 1. The Bertz CT molecular complexity index is 785. The number of nitrogens with two attached hydrogens (primary N) is 1. The lowest BCUT2D eigenvalue weighted by atomic mass is 9.79. The van der Waals surface area contributed by atoms with Gasteiger partial charge in [0.2, 0.25) is 5.91 Å². The van der Waals surface area contributed by atoms with E-state index in [2.05, 4.69) is 16.4 Å². The Morgan fingerprint density at radius 1 is 1.33 bits per heavy atom. The van der Waals surface area contributed by atoms with Gasteiger partial charge in [-0.25, -0.2) is 4.79 Å². The Morgan fingerprint density at radius 3 is 2.67 bits per heavy atom. The van der Waals surface area contributed by atoms with Crippen LogP contribution >= 0.6 is 11.8 Å². The monoisotopic (exact) mass is 436 g/mol. The fourth-order valence-electron chi connectivity index (χ4n) is 5.53. The van der Waals surface area contributed by atoms with E-state index in [1.54, 1.807) is 18.7 Å². The number of aliphatic hydroxyl groups excluding tert-OH is 1. The number of aliphatic carboxylic acids is 1. The molecule has 4 aliphatic rings. The van der Waals surface area contributed by atoms with Crippen LogP contribution in [0.3, 0.4) is 0 Å². The number of β-lactam (4-membered cyclic amide) rings is 1. The minimum atomic E-state index is -1.05. The van der Waals surface area contributed by atoms with E-state index in [1.807, 2.05) is 6.92 Å². The Labute approximate surface area is 181 Å². The number of hydrogen-bond donors (Lipinski definition) is 3. The number of aliphatic hydroxyl groups is 1. The molecule has 4 N–H and O–H groups in total. The molecular weight excluding hydrogens is 404 g/mol. The second-order valence-corrected chi connectivity index (χ2v) is 10.5. The third kappa shape index (κ3) is 3.61. The van der Waals surface area contributed by atoms with Crippen LogP contribution in [-0.2, 0) is 9.59 Å². The molecule has 0 bridgehead atoms. The number of rotatable bonds is 7. The van der Waals surface area contributed by atoms with E-state index in [4.69, 9.17) is 5.73 Å². The van der Waals surface area contributed by atoms with Crippen molar-refractivity contribution >= 4 is 23.6 Å². The summed E-state index contributed by atoms with van der Waals surface area (Å²) in [6.07, 6.45) is 1.36. The van der Waals surface area contributed by atoms with Crippen molar-refractivity contribution in [3.63, 3.8) is 0 Å². The average molecular weight is 437 g/mol. The van der Waals surface area contributed by atoms with Crippen molar-refractivity contribution in [3.8, 4) is 0 Å². The molecule has 4 heterocycles. The summed E-state index contributed by atoms with van der Waals surface area (Å²) in [6.45, 7) is 12.3. The van der Waals surface area contributed by atoms with E-state index in [0.29, 0.717) is 17.0 Å². The van der Waals surface area contributed by atoms with Crippen molar-refractivity contribution < 1.29 is 19.8 Å². The zero-order valence-corrected chi connectivity index (χ0v) is 18.5. The maximum atomic E-state index is 12.5. The number of thioether (sulfide) groups is 1. The van der Waals surface area contributed by atoms with Gasteiger partial charge in [-0.1, -0.05) is 13.5 Å². The summed E-state index contributed by atoms with van der Waals surface area (Å²) >= 11 is 1.63. The van der Waals surface area contributed by atoms with Gasteiger partial charge in [0.1, 0.15) is 5.70 Å². The first-order valence-corrected chi connectivity index (χ1v) is 11.6. The van der Waals surface area contributed by atoms with Gasteiger partial charge in [0.15, 0.2) is 0 Å². The largest absolute Gasteiger partial charge is 0.477 e. The number of hydrogen-bond acceptors (Lipinski definition) is 7. The predicted molar refractivity (Wildman–Crippen MR) is 115 cm³/mol. The van der Waals surface area contributed by atoms with E-state index in [-0.39, 0.29) is 23.6 Å². The van der Waals surface area contributed by atoms with E-state index < -0.39 is 18.0 Å². The quantitative estimate of drug-likeness (QED) is 0.500. The molecule has 0 aromatic rings. The Morgan fingerprint density at radius 2 is 2.07 bits per heavy atom. The Hall–Kier alpha value is -1.71. The fourth-order valence-corrected chi connectivity index (χ4v) is 7.04. The molecule has 30 heavy (non-hydrogen) atoms. The summed E-state index contributed by atoms with van der Waals surface area (Å²) in [5.41, 5.74) is 5.95. The van der Waals surface area contributed by atoms with Gasteiger partial charge in [-0.05, 0) is 32.2 Å². The number of carbonyl (C=O) groups excluding carboxylic acids is 1. The third-order valence-corrected chi connectivity index (χ3v) is 8.58. The summed E-state index contributed by atoms with van der Waals surface area (Å²) in [5, 5.41) is 20.1. The van der Waals surface area contributed by atoms with Crippen LogP contribution in [0.15, 0.2) is 23.0 Å². The molecular formula is C21H32N4O4S. The average Bonchev–Trinajstić information content (AvgIpc) is 3.35. The Kier molecular flexibility index (Phi) is 5.80. The van der Waals surface area contributed by atoms with E-state index in [9.17, 15) is 19.8 Å². The van der Waals surface area contributed by atoms with Crippen molar-refractivity contribution in [1.82, 2.24) is 14.7 Å². The van der Waals surface area contributed by atoms with Gasteiger partial charge in [0.05, 0.1) is 23.9 Å². The highest BCUT2D eigenvalue weighted by Crippen LogP contribution is 2.51. The van der Waals surface area contributed by atoms with Crippen LogP contribution in [-0.4, -0.2) is 86.9 Å². The standard InChI is InChI=1S/C21H32N4O4S/c1-11-17-16(12(2)26)20(27)25(17)18(21(28)29)19(11)30-15-5-6-23(10-15)8-14-4-7-24(9-14)13(3)22/h11-12,14-17,26H,3-10,22H2,1-2H3,(H,28,29)/t11-,12-,14-,15-,16-,17-/m1/s1. The van der Waals surface area contributed by atoms with Gasteiger partial charge >= 0.3 is 5.97 Å². The van der Waals surface area contributed by atoms with Gasteiger partial charge in [0.25, 0.3) is 0 Å². The zero-order valence-electron chi connectivity index (χ0n) is 17.7. The van der Waals surface area contributed by atoms with E-state index in [1.165, 1.54) is 4.90 Å². The molecule has 4 aliphatic heterocycles. The van der Waals surface area contributed by atoms with Crippen LogP contribution in [0, 0.1) is 17.8 Å². The van der Waals surface area contributed by atoms with Gasteiger partial charge in [-0.3, -0.25) is 4.79 Å². The Balaban J connectivity index is 1.39. The molecule has 8 nitrogen and oxygen atoms in total. The lowest BCUT2D eigenvalue weighted by Gasteiger charge is -2.46. The van der Waals surface area contributed by atoms with E-state index in [0.717, 1.165) is 50.5 Å². The molecule has 0 radical (unpaired) electrons. The second kappa shape index (κ2) is 8.09. The summed E-state index contributed by atoms with van der Waals surface area (Å²) in [5.74, 6) is -0.658. The van der Waals surface area contributed by atoms with Crippen LogP contribution in [0.4, 0.5) is 0 Å². The van der Waals surface area contributed by atoms with Crippen molar-refractivity contribution in [1.29, 1.82) is 0 Å². The molecule has 166 valence electrons. The number of carbonyl (C=O) groups is 2. The molecule has 3 saturated heterocycles. The third-order valence-electron chi connectivity index (χ3n) is 7.04. The molecule has 0 aromatic carbocycles. The SMILES string of the molecule is C=C(N)N1CC[C@H](CN2CC[C@@H](SC3=C(C(=O)O)N4C(=O)[C@H]([C@@H](C)O)[C@H]4[C@H]3C)C2)C1. The van der Waals surface area contributed by atoms with Crippen molar-refractivity contribution in [2.24, 2.45) is 23.5 Å². The highest BCUT2D eigenvalue weighted by molar-refractivity contribution is 8.03. The first kappa shape index (κ1) is 21.5. The highest BCUT2D eigenvalue weighted by atomic mass is 32.2. The topological polar surface area (TPSA) is 110 Å². The van der Waals surface area contributed by atoms with Crippen LogP contribution in [0.25, 0.3) is 0 Å². The number of carboxylic acid groups (broad SMARTS) is 1. The lowest BCUT2D eigenvalue weighted by molar-refractivity contribution is -0.163. The van der Waals surface area contributed by atoms with Crippen LogP contribution in [0.5, 0.6) is 0 Å². The molecule has 0 spiro atoms. The number of likely N-dealkylation sites (tertiary alicyclic amines) is 2. The van der Waals surface area contributed by atoms with Crippen LogP contribution in [0.2, 0.25) is 0 Å². The van der Waals surface area contributed by atoms with Gasteiger partial charge in [-0.15, -0.1) is 11.8 Å². The zero-order chi connectivity index (χ0) is 21.7. The predicted octanol–water partition coefficient (Wildman–Crippen LogP) is 0.699. The van der Waals surface area contributed by atoms with Crippen LogP contribution in [0.1, 0.15) is 26.7 Å². The molecule has 0 unspecified atom stereocenters. The second-order valence-electron chi connectivity index (χ2n) is 9.15. The molecule has 0 aromatic heterocycles. The number of fused-ring (bicyclic) bond motifs is 1. The summed E-state index contributed by atoms with van der Waals surface area (Å²) in [7, 11) is 0. The molecule has 0 saturated carbocycles. The summed E-state index contributed by atoms with van der Waals surface area (Å²) in [4.78, 5) is 31.2. The first-order valence-electron chi connectivity index (χ1n) is 10.8. The lowest BCUT2D eigenvalue weighted by Crippen LogP contribution is -2.63. The smallest absolute Gasteiger partial charge is 0.353 e. The minimum Gasteiger partial charge on any atom is -0.477 e. The highest BCUT2D eigenvalue weighted by Gasteiger charge is 2.60. The molecule has 3 fully saturated rings. The maximum Gasteiger partial charge on any atom is 0.353 e. The fraction of sp³-hybridized carbons (Fsp3) is 0.714. The van der Waals surface area contributed by atoms with Gasteiger partial charge in [0, 0.05) is 42.3 Å². The minimum absolute atomic E-state index is 0.0635. The molecule has 9 heteroatoms. The number of nitrogens with zero attached hydrogens (tertiary/aromatic N) is 3. The van der Waals surface area contributed by atoms with Crippen molar-refractivity contribution in [2.45, 2.75) is 44.1 Å². The summed E-state index contributed by atoms with van der Waals surface area (Å²) < 4.78 is 0. The maximum absolute atomic E-state index is 12.5. The van der Waals surface area contributed by atoms with Crippen molar-refractivity contribution in [2.75, 3.05) is 32.7 Å². The number of amides is 1. The molecule has 1 amide bonds. The van der Waals surface area contributed by atoms with Gasteiger partial charge < -0.3 is 30.6 Å². The first-order chi connectivity index (χ1) is 14.2. The summed E-state index contributed by atoms with van der Waals surface area (Å²) in [6, 6.07) is -0.238. The van der Waals surface area contributed by atoms with Crippen LogP contribution < -0.4 is 5.73 Å².